The van der Waals surface area contributed by atoms with Crippen LogP contribution in [0.4, 0.5) is 5.69 Å². The Hall–Kier alpha value is -3.10. The van der Waals surface area contributed by atoms with Crippen molar-refractivity contribution in [1.82, 2.24) is 10.2 Å². The number of benzene rings is 1. The molecular weight excluding hydrogens is 438 g/mol. The van der Waals surface area contributed by atoms with Crippen LogP contribution in [0.3, 0.4) is 0 Å². The Kier molecular flexibility index (Phi) is 7.09. The van der Waals surface area contributed by atoms with E-state index in [9.17, 15) is 19.2 Å². The molecule has 3 amide bonds. The van der Waals surface area contributed by atoms with Crippen LogP contribution in [-0.2, 0) is 23.9 Å². The first-order chi connectivity index (χ1) is 16.3. The summed E-state index contributed by atoms with van der Waals surface area (Å²) in [5.41, 5.74) is 0.215. The van der Waals surface area contributed by atoms with Crippen LogP contribution < -0.4 is 15.4 Å². The molecule has 0 unspecified atom stereocenters. The van der Waals surface area contributed by atoms with E-state index in [2.05, 4.69) is 10.6 Å². The first kappa shape index (κ1) is 24.0. The number of methoxy groups -OCH3 is 1. The predicted octanol–water partition coefficient (Wildman–Crippen LogP) is 1.97. The van der Waals surface area contributed by atoms with Crippen molar-refractivity contribution in [3.8, 4) is 5.75 Å². The van der Waals surface area contributed by atoms with Gasteiger partial charge < -0.3 is 25.0 Å². The fraction of sp³-hybridized carbons (Fsp3) is 0.600. The average Bonchev–Trinajstić information content (AvgIpc) is 2.80. The Morgan fingerprint density at radius 2 is 1.71 bits per heavy atom. The number of hydrogen-bond acceptors (Lipinski definition) is 6. The van der Waals surface area contributed by atoms with Gasteiger partial charge in [-0.15, -0.1) is 0 Å². The fourth-order valence-electron chi connectivity index (χ4n) is 6.24. The highest BCUT2D eigenvalue weighted by Crippen LogP contribution is 2.60. The second-order valence-corrected chi connectivity index (χ2v) is 10.1. The number of hydrogen-bond donors (Lipinski definition) is 2. The second kappa shape index (κ2) is 10.0. The number of anilines is 1. The summed E-state index contributed by atoms with van der Waals surface area (Å²) in [6.45, 7) is -0.945. The normalized spacial score (nSPS) is 26.5. The molecule has 0 aliphatic heterocycles. The monoisotopic (exact) mass is 471 g/mol. The molecule has 0 atom stereocenters. The van der Waals surface area contributed by atoms with Crippen molar-refractivity contribution in [2.45, 2.75) is 38.5 Å². The maximum Gasteiger partial charge on any atom is 0.325 e. The molecule has 4 aliphatic carbocycles. The lowest BCUT2D eigenvalue weighted by Crippen LogP contribution is -2.54. The lowest BCUT2D eigenvalue weighted by atomic mass is 9.49. The summed E-state index contributed by atoms with van der Waals surface area (Å²) in [6.07, 6.45) is 6.47. The predicted molar refractivity (Wildman–Crippen MR) is 124 cm³/mol. The van der Waals surface area contributed by atoms with E-state index in [0.717, 1.165) is 19.3 Å². The van der Waals surface area contributed by atoms with Crippen molar-refractivity contribution >= 4 is 29.4 Å². The molecule has 1 aromatic carbocycles. The summed E-state index contributed by atoms with van der Waals surface area (Å²) in [4.78, 5) is 50.7. The first-order valence-electron chi connectivity index (χ1n) is 11.9. The third kappa shape index (κ3) is 5.51. The maximum atomic E-state index is 12.9. The molecule has 34 heavy (non-hydrogen) atoms. The third-order valence-electron chi connectivity index (χ3n) is 7.43. The Balaban J connectivity index is 1.17. The topological polar surface area (TPSA) is 114 Å². The van der Waals surface area contributed by atoms with Gasteiger partial charge in [0.05, 0.1) is 13.7 Å². The molecule has 0 aromatic heterocycles. The zero-order chi connectivity index (χ0) is 24.3. The Morgan fingerprint density at radius 3 is 2.32 bits per heavy atom. The summed E-state index contributed by atoms with van der Waals surface area (Å²) in [5, 5.41) is 5.43. The van der Waals surface area contributed by atoms with Crippen molar-refractivity contribution in [3.63, 3.8) is 0 Å². The van der Waals surface area contributed by atoms with Crippen LogP contribution in [0.1, 0.15) is 38.5 Å². The average molecular weight is 472 g/mol. The summed E-state index contributed by atoms with van der Waals surface area (Å²) < 4.78 is 10.1. The fourth-order valence-corrected chi connectivity index (χ4v) is 6.24. The van der Waals surface area contributed by atoms with Crippen LogP contribution in [0.25, 0.3) is 0 Å². The van der Waals surface area contributed by atoms with E-state index in [1.165, 1.54) is 38.3 Å². The molecule has 9 heteroatoms. The van der Waals surface area contributed by atoms with Crippen molar-refractivity contribution in [2.24, 2.45) is 23.2 Å². The van der Waals surface area contributed by atoms with E-state index in [-0.39, 0.29) is 24.4 Å². The van der Waals surface area contributed by atoms with Gasteiger partial charge in [0.15, 0.2) is 6.61 Å². The molecule has 2 N–H and O–H groups in total. The summed E-state index contributed by atoms with van der Waals surface area (Å²) in [6, 6.07) is 6.87. The minimum absolute atomic E-state index is 0.0544. The summed E-state index contributed by atoms with van der Waals surface area (Å²) in [5.74, 6) is 0.890. The van der Waals surface area contributed by atoms with Crippen LogP contribution >= 0.6 is 0 Å². The van der Waals surface area contributed by atoms with Gasteiger partial charge in [-0.25, -0.2) is 0 Å². The Morgan fingerprint density at radius 1 is 1.06 bits per heavy atom. The molecular formula is C25H33N3O6. The van der Waals surface area contributed by atoms with Crippen LogP contribution in [-0.4, -0.2) is 62.4 Å². The second-order valence-electron chi connectivity index (χ2n) is 10.1. The lowest BCUT2D eigenvalue weighted by Gasteiger charge is -2.55. The van der Waals surface area contributed by atoms with E-state index in [0.29, 0.717) is 29.2 Å². The molecule has 1 aromatic rings. The van der Waals surface area contributed by atoms with Gasteiger partial charge in [-0.1, -0.05) is 6.07 Å². The molecule has 4 aliphatic rings. The molecule has 4 saturated carbocycles. The van der Waals surface area contributed by atoms with E-state index in [4.69, 9.17) is 9.47 Å². The number of carbonyl (C=O) groups excluding carboxylic acids is 4. The molecule has 4 fully saturated rings. The van der Waals surface area contributed by atoms with Gasteiger partial charge in [-0.3, -0.25) is 19.2 Å². The number of likely N-dealkylation sites (N-methyl/N-ethyl adjacent to an activating group) is 1. The molecule has 0 radical (unpaired) electrons. The highest BCUT2D eigenvalue weighted by Gasteiger charge is 2.54. The smallest absolute Gasteiger partial charge is 0.325 e. The van der Waals surface area contributed by atoms with E-state index in [1.54, 1.807) is 24.3 Å². The summed E-state index contributed by atoms with van der Waals surface area (Å²) in [7, 11) is 2.99. The molecule has 0 spiro atoms. The first-order valence-corrected chi connectivity index (χ1v) is 11.9. The SMILES string of the molecule is COc1cccc(NC(=O)CN(C)C(=O)COC(=O)CNC(=O)C23CC4CC(CC(C4)C2)C3)c1. The van der Waals surface area contributed by atoms with Crippen LogP contribution in [0.15, 0.2) is 24.3 Å². The van der Waals surface area contributed by atoms with Gasteiger partial charge in [-0.2, -0.15) is 0 Å². The Bertz CT molecular complexity index is 926. The molecule has 9 nitrogen and oxygen atoms in total. The zero-order valence-corrected chi connectivity index (χ0v) is 19.8. The van der Waals surface area contributed by atoms with Crippen LogP contribution in [0.5, 0.6) is 5.75 Å². The van der Waals surface area contributed by atoms with Gasteiger partial charge in [0, 0.05) is 24.2 Å². The standard InChI is InChI=1S/C25H33N3O6/c1-28(14-21(29)27-19-4-3-5-20(9-19)33-2)22(30)15-34-23(31)13-26-24(32)25-10-16-6-17(11-25)8-18(7-16)12-25/h3-5,9,16-18H,6-8,10-15H2,1-2H3,(H,26,32)(H,27,29). The van der Waals surface area contributed by atoms with Crippen molar-refractivity contribution in [3.05, 3.63) is 24.3 Å². The van der Waals surface area contributed by atoms with Gasteiger partial charge >= 0.3 is 5.97 Å². The number of rotatable bonds is 9. The highest BCUT2D eigenvalue weighted by atomic mass is 16.5. The van der Waals surface area contributed by atoms with Crippen molar-refractivity contribution in [1.29, 1.82) is 0 Å². The number of amides is 3. The van der Waals surface area contributed by atoms with Crippen molar-refractivity contribution < 1.29 is 28.7 Å². The minimum Gasteiger partial charge on any atom is -0.497 e. The van der Waals surface area contributed by atoms with E-state index in [1.807, 2.05) is 0 Å². The van der Waals surface area contributed by atoms with Gasteiger partial charge in [0.1, 0.15) is 12.3 Å². The van der Waals surface area contributed by atoms with E-state index < -0.39 is 24.4 Å². The Labute approximate surface area is 199 Å². The number of carbonyl (C=O) groups is 4. The number of nitrogens with one attached hydrogen (secondary N) is 2. The van der Waals surface area contributed by atoms with Gasteiger partial charge in [0.25, 0.3) is 5.91 Å². The van der Waals surface area contributed by atoms with Crippen LogP contribution in [0, 0.1) is 23.2 Å². The third-order valence-corrected chi connectivity index (χ3v) is 7.43. The molecule has 0 heterocycles. The van der Waals surface area contributed by atoms with Crippen LogP contribution in [0.2, 0.25) is 0 Å². The molecule has 5 rings (SSSR count). The molecule has 184 valence electrons. The largest absolute Gasteiger partial charge is 0.497 e. The molecule has 0 saturated heterocycles. The van der Waals surface area contributed by atoms with E-state index >= 15 is 0 Å². The molecule has 4 bridgehead atoms. The quantitative estimate of drug-likeness (QED) is 0.533. The maximum absolute atomic E-state index is 12.9. The minimum atomic E-state index is -0.666. The lowest BCUT2D eigenvalue weighted by molar-refractivity contribution is -0.154. The number of ether oxygens (including phenoxy) is 2. The van der Waals surface area contributed by atoms with Crippen molar-refractivity contribution in [2.75, 3.05) is 39.2 Å². The summed E-state index contributed by atoms with van der Waals surface area (Å²) >= 11 is 0. The number of nitrogens with zero attached hydrogens (tertiary/aromatic N) is 1. The zero-order valence-electron chi connectivity index (χ0n) is 19.8. The highest BCUT2D eigenvalue weighted by molar-refractivity contribution is 5.95. The number of esters is 1. The van der Waals surface area contributed by atoms with Gasteiger partial charge in [-0.05, 0) is 68.4 Å². The van der Waals surface area contributed by atoms with Gasteiger partial charge in [0.2, 0.25) is 11.8 Å².